The van der Waals surface area contributed by atoms with Gasteiger partial charge in [0.2, 0.25) is 0 Å². The van der Waals surface area contributed by atoms with Gasteiger partial charge in [-0.05, 0) is 30.3 Å². The number of imidazole rings is 1. The molecule has 4 aromatic rings. The van der Waals surface area contributed by atoms with Gasteiger partial charge in [-0.3, -0.25) is 9.20 Å². The lowest BCUT2D eigenvalue weighted by Gasteiger charge is -1.96. The standard InChI is InChI=1S/C17H9N3OS/c18-8-11-2-1-3-13(6-11)14-9-20-15-5-4-12(10-21)7-16(15)22-17(20)19-14/h1-7,9-10H. The van der Waals surface area contributed by atoms with E-state index < -0.39 is 0 Å². The molecule has 104 valence electrons. The molecule has 5 heteroatoms. The quantitative estimate of drug-likeness (QED) is 0.528. The highest BCUT2D eigenvalue weighted by molar-refractivity contribution is 7.23. The molecule has 0 spiro atoms. The molecule has 22 heavy (non-hydrogen) atoms. The molecule has 0 bridgehead atoms. The van der Waals surface area contributed by atoms with Crippen LogP contribution in [0.2, 0.25) is 0 Å². The summed E-state index contributed by atoms with van der Waals surface area (Å²) in [5.74, 6) is 0. The van der Waals surface area contributed by atoms with Crippen molar-refractivity contribution in [1.82, 2.24) is 9.38 Å². The van der Waals surface area contributed by atoms with Crippen LogP contribution in [0, 0.1) is 11.3 Å². The van der Waals surface area contributed by atoms with E-state index in [-0.39, 0.29) is 0 Å². The van der Waals surface area contributed by atoms with Gasteiger partial charge in [-0.1, -0.05) is 23.5 Å². The van der Waals surface area contributed by atoms with Crippen LogP contribution in [0.3, 0.4) is 0 Å². The predicted molar refractivity (Wildman–Crippen MR) is 86.1 cm³/mol. The summed E-state index contributed by atoms with van der Waals surface area (Å²) in [6.45, 7) is 0. The summed E-state index contributed by atoms with van der Waals surface area (Å²) in [6.07, 6.45) is 2.81. The molecule has 0 radical (unpaired) electrons. The Morgan fingerprint density at radius 3 is 2.95 bits per heavy atom. The van der Waals surface area contributed by atoms with Crippen molar-refractivity contribution in [2.24, 2.45) is 0 Å². The van der Waals surface area contributed by atoms with E-state index >= 15 is 0 Å². The summed E-state index contributed by atoms with van der Waals surface area (Å²) in [5, 5.41) is 9.00. The number of carbonyl (C=O) groups is 1. The monoisotopic (exact) mass is 303 g/mol. The van der Waals surface area contributed by atoms with Crippen LogP contribution in [0.5, 0.6) is 0 Å². The van der Waals surface area contributed by atoms with Gasteiger partial charge in [0.05, 0.1) is 27.5 Å². The fourth-order valence-electron chi connectivity index (χ4n) is 2.48. The van der Waals surface area contributed by atoms with Crippen molar-refractivity contribution in [3.8, 4) is 17.3 Å². The first kappa shape index (κ1) is 12.7. The van der Waals surface area contributed by atoms with Crippen LogP contribution < -0.4 is 0 Å². The topological polar surface area (TPSA) is 58.2 Å². The lowest BCUT2D eigenvalue weighted by atomic mass is 10.1. The van der Waals surface area contributed by atoms with E-state index in [0.29, 0.717) is 11.1 Å². The Morgan fingerprint density at radius 2 is 2.14 bits per heavy atom. The van der Waals surface area contributed by atoms with Gasteiger partial charge in [0.1, 0.15) is 6.29 Å². The van der Waals surface area contributed by atoms with E-state index in [1.54, 1.807) is 23.5 Å². The summed E-state index contributed by atoms with van der Waals surface area (Å²) in [5.41, 5.74) is 4.08. The van der Waals surface area contributed by atoms with E-state index in [1.165, 1.54) is 0 Å². The highest BCUT2D eigenvalue weighted by Crippen LogP contribution is 2.30. The van der Waals surface area contributed by atoms with Crippen LogP contribution in [0.4, 0.5) is 0 Å². The van der Waals surface area contributed by atoms with Gasteiger partial charge in [0, 0.05) is 17.3 Å². The van der Waals surface area contributed by atoms with Crippen molar-refractivity contribution in [1.29, 1.82) is 5.26 Å². The van der Waals surface area contributed by atoms with E-state index in [2.05, 4.69) is 11.1 Å². The van der Waals surface area contributed by atoms with Crippen molar-refractivity contribution >= 4 is 32.8 Å². The van der Waals surface area contributed by atoms with Crippen molar-refractivity contribution in [2.45, 2.75) is 0 Å². The van der Waals surface area contributed by atoms with Crippen LogP contribution >= 0.6 is 11.3 Å². The Kier molecular flexibility index (Phi) is 2.78. The second-order valence-electron chi connectivity index (χ2n) is 4.92. The van der Waals surface area contributed by atoms with Crippen LogP contribution in [0.1, 0.15) is 15.9 Å². The molecule has 0 atom stereocenters. The predicted octanol–water partition coefficient (Wildman–Crippen LogP) is 3.90. The molecule has 0 aliphatic rings. The number of aromatic nitrogens is 2. The van der Waals surface area contributed by atoms with E-state index in [0.717, 1.165) is 32.7 Å². The number of benzene rings is 2. The number of rotatable bonds is 2. The molecule has 2 heterocycles. The van der Waals surface area contributed by atoms with Crippen LogP contribution in [0.25, 0.3) is 26.4 Å². The first-order valence-electron chi connectivity index (χ1n) is 6.66. The Balaban J connectivity index is 1.91. The molecule has 0 unspecified atom stereocenters. The minimum atomic E-state index is 0.620. The third-order valence-corrected chi connectivity index (χ3v) is 4.56. The third kappa shape index (κ3) is 1.90. The van der Waals surface area contributed by atoms with Gasteiger partial charge in [0.25, 0.3) is 0 Å². The number of fused-ring (bicyclic) bond motifs is 3. The van der Waals surface area contributed by atoms with Gasteiger partial charge in [-0.25, -0.2) is 4.98 Å². The average Bonchev–Trinajstić information content (AvgIpc) is 3.11. The van der Waals surface area contributed by atoms with Gasteiger partial charge >= 0.3 is 0 Å². The molecule has 0 saturated carbocycles. The molecular formula is C17H9N3OS. The Labute approximate surface area is 129 Å². The summed E-state index contributed by atoms with van der Waals surface area (Å²) in [7, 11) is 0. The Hall–Kier alpha value is -2.97. The minimum Gasteiger partial charge on any atom is -0.298 e. The molecule has 4 rings (SSSR count). The summed E-state index contributed by atoms with van der Waals surface area (Å²) >= 11 is 1.54. The average molecular weight is 303 g/mol. The molecule has 0 aliphatic heterocycles. The maximum absolute atomic E-state index is 10.9. The van der Waals surface area contributed by atoms with Gasteiger partial charge < -0.3 is 0 Å². The van der Waals surface area contributed by atoms with E-state index in [1.807, 2.05) is 40.9 Å². The molecule has 0 aliphatic carbocycles. The largest absolute Gasteiger partial charge is 0.298 e. The second kappa shape index (κ2) is 4.79. The Bertz CT molecular complexity index is 1070. The van der Waals surface area contributed by atoms with Crippen LogP contribution in [0.15, 0.2) is 48.7 Å². The first-order valence-corrected chi connectivity index (χ1v) is 7.47. The maximum atomic E-state index is 10.9. The van der Waals surface area contributed by atoms with Crippen molar-refractivity contribution in [3.63, 3.8) is 0 Å². The second-order valence-corrected chi connectivity index (χ2v) is 5.93. The highest BCUT2D eigenvalue weighted by atomic mass is 32.1. The number of hydrogen-bond donors (Lipinski definition) is 0. The van der Waals surface area contributed by atoms with Crippen molar-refractivity contribution < 1.29 is 4.79 Å². The smallest absolute Gasteiger partial charge is 0.195 e. The number of carbonyl (C=O) groups excluding carboxylic acids is 1. The molecular weight excluding hydrogens is 294 g/mol. The number of nitriles is 1. The van der Waals surface area contributed by atoms with E-state index in [9.17, 15) is 4.79 Å². The fourth-order valence-corrected chi connectivity index (χ4v) is 3.53. The molecule has 4 nitrogen and oxygen atoms in total. The van der Waals surface area contributed by atoms with Crippen molar-refractivity contribution in [3.05, 3.63) is 59.8 Å². The molecule has 0 fully saturated rings. The number of nitrogens with zero attached hydrogens (tertiary/aromatic N) is 3. The number of aldehydes is 1. The highest BCUT2D eigenvalue weighted by Gasteiger charge is 2.11. The minimum absolute atomic E-state index is 0.620. The van der Waals surface area contributed by atoms with Crippen LogP contribution in [-0.4, -0.2) is 15.7 Å². The zero-order valence-corrected chi connectivity index (χ0v) is 12.2. The summed E-state index contributed by atoms with van der Waals surface area (Å²) in [6, 6.07) is 15.2. The first-order chi connectivity index (χ1) is 10.8. The third-order valence-electron chi connectivity index (χ3n) is 3.54. The van der Waals surface area contributed by atoms with Gasteiger partial charge in [-0.15, -0.1) is 0 Å². The Morgan fingerprint density at radius 1 is 1.23 bits per heavy atom. The van der Waals surface area contributed by atoms with E-state index in [4.69, 9.17) is 5.26 Å². The zero-order chi connectivity index (χ0) is 15.1. The van der Waals surface area contributed by atoms with Gasteiger partial charge in [0.15, 0.2) is 4.96 Å². The molecule has 2 aromatic carbocycles. The van der Waals surface area contributed by atoms with Gasteiger partial charge in [-0.2, -0.15) is 5.26 Å². The lowest BCUT2D eigenvalue weighted by molar-refractivity contribution is 0.112. The molecule has 0 amide bonds. The van der Waals surface area contributed by atoms with Crippen LogP contribution in [-0.2, 0) is 0 Å². The summed E-state index contributed by atoms with van der Waals surface area (Å²) < 4.78 is 3.05. The number of hydrogen-bond acceptors (Lipinski definition) is 4. The normalized spacial score (nSPS) is 10.9. The lowest BCUT2D eigenvalue weighted by Crippen LogP contribution is -1.81. The molecule has 0 saturated heterocycles. The number of thiazole rings is 1. The maximum Gasteiger partial charge on any atom is 0.195 e. The summed E-state index contributed by atoms with van der Waals surface area (Å²) in [4.78, 5) is 16.4. The van der Waals surface area contributed by atoms with Crippen molar-refractivity contribution in [2.75, 3.05) is 0 Å². The molecule has 0 N–H and O–H groups in total. The SMILES string of the molecule is N#Cc1cccc(-c2cn3c(n2)sc2cc(C=O)ccc23)c1. The zero-order valence-electron chi connectivity index (χ0n) is 11.4. The fraction of sp³-hybridized carbons (Fsp3) is 0. The molecule has 2 aromatic heterocycles.